The summed E-state index contributed by atoms with van der Waals surface area (Å²) in [7, 11) is 0. The van der Waals surface area contributed by atoms with Crippen molar-refractivity contribution in [1.82, 2.24) is 30.3 Å². The fourth-order valence-electron chi connectivity index (χ4n) is 5.31. The average Bonchev–Trinajstić information content (AvgIpc) is 3.63. The van der Waals surface area contributed by atoms with Crippen LogP contribution in [0, 0.1) is 5.82 Å². The number of amides is 1. The first kappa shape index (κ1) is 25.2. The van der Waals surface area contributed by atoms with Gasteiger partial charge >= 0.3 is 0 Å². The molecule has 9 nitrogen and oxygen atoms in total. The van der Waals surface area contributed by atoms with Crippen LogP contribution in [0.4, 0.5) is 10.2 Å². The molecule has 1 aliphatic rings. The lowest BCUT2D eigenvalue weighted by molar-refractivity contribution is 0.0968. The Morgan fingerprint density at radius 1 is 1.07 bits per heavy atom. The number of rotatable bonds is 5. The van der Waals surface area contributed by atoms with E-state index in [0.29, 0.717) is 29.2 Å². The van der Waals surface area contributed by atoms with E-state index < -0.39 is 11.7 Å². The van der Waals surface area contributed by atoms with Crippen LogP contribution >= 0.6 is 11.3 Å². The van der Waals surface area contributed by atoms with E-state index in [1.165, 1.54) is 16.8 Å². The Morgan fingerprint density at radius 3 is 2.83 bits per heavy atom. The van der Waals surface area contributed by atoms with Crippen LogP contribution in [-0.4, -0.2) is 55.1 Å². The van der Waals surface area contributed by atoms with Crippen LogP contribution in [-0.2, 0) is 0 Å². The molecule has 1 fully saturated rings. The predicted octanol–water partition coefficient (Wildman–Crippen LogP) is 5.34. The third-order valence-corrected chi connectivity index (χ3v) is 8.42. The molecule has 0 bridgehead atoms. The molecule has 1 saturated heterocycles. The maximum Gasteiger partial charge on any atom is 0.262 e. The van der Waals surface area contributed by atoms with Gasteiger partial charge in [0.25, 0.3) is 5.91 Å². The summed E-state index contributed by atoms with van der Waals surface area (Å²) in [5.74, 6) is -0.469. The molecule has 2 N–H and O–H groups in total. The second-order valence-corrected chi connectivity index (χ2v) is 11.0. The van der Waals surface area contributed by atoms with Crippen LogP contribution in [0.2, 0.25) is 0 Å². The number of aromatic hydroxyl groups is 1. The number of hydrogen-bond acceptors (Lipinski definition) is 8. The van der Waals surface area contributed by atoms with E-state index in [-0.39, 0.29) is 17.4 Å². The minimum absolute atomic E-state index is 0.0565. The number of phenols is 1. The number of hydrogen-bond donors (Lipinski definition) is 2. The number of benzene rings is 2. The summed E-state index contributed by atoms with van der Waals surface area (Å²) in [6, 6.07) is 18.7. The Bertz CT molecular complexity index is 1910. The molecule has 0 aliphatic carbocycles. The first-order chi connectivity index (χ1) is 20.1. The number of nitrogens with zero attached hydrogens (tertiary/aromatic N) is 6. The molecule has 0 unspecified atom stereocenters. The molecule has 1 amide bonds. The molecule has 0 saturated carbocycles. The Kier molecular flexibility index (Phi) is 6.37. The maximum absolute atomic E-state index is 15.7. The lowest BCUT2D eigenvalue weighted by Crippen LogP contribution is -2.49. The highest BCUT2D eigenvalue weighted by Gasteiger charge is 2.32. The SMILES string of the molecule is O=C(c1ccc(-n2nnc3cccnc32)cc1F)N(c1nccc2sc(-c3cccc(O)c3)cc12)[C@@H]1CCCNC1. The Hall–Kier alpha value is -4.74. The number of nitrogens with one attached hydrogen (secondary N) is 1. The molecule has 5 heterocycles. The van der Waals surface area contributed by atoms with E-state index in [4.69, 9.17) is 0 Å². The molecule has 41 heavy (non-hydrogen) atoms. The van der Waals surface area contributed by atoms with E-state index in [9.17, 15) is 9.90 Å². The Balaban J connectivity index is 1.31. The van der Waals surface area contributed by atoms with Gasteiger partial charge in [-0.25, -0.2) is 14.4 Å². The van der Waals surface area contributed by atoms with Gasteiger partial charge in [-0.1, -0.05) is 17.3 Å². The lowest BCUT2D eigenvalue weighted by Gasteiger charge is -2.34. The van der Waals surface area contributed by atoms with Gasteiger partial charge in [0.2, 0.25) is 0 Å². The van der Waals surface area contributed by atoms with Crippen LogP contribution in [0.25, 0.3) is 37.4 Å². The first-order valence-corrected chi connectivity index (χ1v) is 14.1. The topological polar surface area (TPSA) is 109 Å². The Morgan fingerprint density at radius 2 is 2.00 bits per heavy atom. The van der Waals surface area contributed by atoms with Crippen LogP contribution in [0.1, 0.15) is 23.2 Å². The zero-order valence-electron chi connectivity index (χ0n) is 21.7. The van der Waals surface area contributed by atoms with Gasteiger partial charge in [-0.05, 0) is 73.5 Å². The number of halogens is 1. The number of phenolic OH excluding ortho intramolecular Hbond substituents is 1. The molecule has 0 spiro atoms. The number of carbonyl (C=O) groups is 1. The maximum atomic E-state index is 15.7. The normalized spacial score (nSPS) is 15.4. The summed E-state index contributed by atoms with van der Waals surface area (Å²) >= 11 is 1.55. The van der Waals surface area contributed by atoms with Gasteiger partial charge in [0.1, 0.15) is 22.9 Å². The monoisotopic (exact) mass is 565 g/mol. The fourth-order valence-corrected chi connectivity index (χ4v) is 6.36. The molecule has 6 aromatic rings. The molecule has 0 radical (unpaired) electrons. The summed E-state index contributed by atoms with van der Waals surface area (Å²) in [5, 5.41) is 22.4. The highest BCUT2D eigenvalue weighted by atomic mass is 32.1. The van der Waals surface area contributed by atoms with Crippen molar-refractivity contribution in [3.05, 3.63) is 90.5 Å². The van der Waals surface area contributed by atoms with Crippen molar-refractivity contribution in [2.45, 2.75) is 18.9 Å². The van der Waals surface area contributed by atoms with Crippen molar-refractivity contribution in [2.24, 2.45) is 0 Å². The predicted molar refractivity (Wildman–Crippen MR) is 156 cm³/mol. The third-order valence-electron chi connectivity index (χ3n) is 7.27. The summed E-state index contributed by atoms with van der Waals surface area (Å²) in [6.45, 7) is 1.43. The van der Waals surface area contributed by atoms with Gasteiger partial charge < -0.3 is 10.4 Å². The number of fused-ring (bicyclic) bond motifs is 2. The van der Waals surface area contributed by atoms with Gasteiger partial charge in [-0.15, -0.1) is 16.4 Å². The van der Waals surface area contributed by atoms with Crippen molar-refractivity contribution >= 4 is 44.3 Å². The van der Waals surface area contributed by atoms with Crippen LogP contribution < -0.4 is 10.2 Å². The van der Waals surface area contributed by atoms with Crippen molar-refractivity contribution in [3.8, 4) is 21.9 Å². The summed E-state index contributed by atoms with van der Waals surface area (Å²) in [6.07, 6.45) is 4.95. The lowest BCUT2D eigenvalue weighted by atomic mass is 10.0. The van der Waals surface area contributed by atoms with Gasteiger partial charge in [-0.3, -0.25) is 9.69 Å². The van der Waals surface area contributed by atoms with Gasteiger partial charge in [0.05, 0.1) is 17.3 Å². The molecule has 1 atom stereocenters. The molecule has 204 valence electrons. The third kappa shape index (κ3) is 4.58. The van der Waals surface area contributed by atoms with Gasteiger partial charge in [0.15, 0.2) is 5.65 Å². The summed E-state index contributed by atoms with van der Waals surface area (Å²) in [5.41, 5.74) is 2.31. The molecular formula is C30H24FN7O2S. The quantitative estimate of drug-likeness (QED) is 0.291. The molecular weight excluding hydrogens is 541 g/mol. The smallest absolute Gasteiger partial charge is 0.262 e. The number of carbonyl (C=O) groups excluding carboxylic acids is 1. The second-order valence-electron chi connectivity index (χ2n) is 9.89. The second kappa shape index (κ2) is 10.3. The largest absolute Gasteiger partial charge is 0.508 e. The van der Waals surface area contributed by atoms with Crippen molar-refractivity contribution in [1.29, 1.82) is 0 Å². The zero-order chi connectivity index (χ0) is 27.9. The fraction of sp³-hybridized carbons (Fsp3) is 0.167. The number of piperidine rings is 1. The Labute approximate surface area is 237 Å². The van der Waals surface area contributed by atoms with E-state index >= 15 is 4.39 Å². The van der Waals surface area contributed by atoms with Crippen LogP contribution in [0.5, 0.6) is 5.75 Å². The van der Waals surface area contributed by atoms with Gasteiger partial charge in [0, 0.05) is 40.0 Å². The highest BCUT2D eigenvalue weighted by Crippen LogP contribution is 2.39. The summed E-state index contributed by atoms with van der Waals surface area (Å²) in [4.78, 5) is 25.7. The van der Waals surface area contributed by atoms with Crippen LogP contribution in [0.15, 0.2) is 79.1 Å². The number of anilines is 1. The molecule has 11 heteroatoms. The van der Waals surface area contributed by atoms with E-state index in [2.05, 4.69) is 25.6 Å². The average molecular weight is 566 g/mol. The number of pyridine rings is 2. The highest BCUT2D eigenvalue weighted by molar-refractivity contribution is 7.22. The van der Waals surface area contributed by atoms with Gasteiger partial charge in [-0.2, -0.15) is 4.68 Å². The first-order valence-electron chi connectivity index (χ1n) is 13.3. The van der Waals surface area contributed by atoms with Crippen molar-refractivity contribution < 1.29 is 14.3 Å². The van der Waals surface area contributed by atoms with E-state index in [1.54, 1.807) is 65.0 Å². The zero-order valence-corrected chi connectivity index (χ0v) is 22.6. The number of thiophene rings is 1. The van der Waals surface area contributed by atoms with Crippen molar-refractivity contribution in [2.75, 3.05) is 18.0 Å². The van der Waals surface area contributed by atoms with E-state index in [1.807, 2.05) is 18.2 Å². The minimum Gasteiger partial charge on any atom is -0.508 e. The molecule has 2 aromatic carbocycles. The molecule has 7 rings (SSSR count). The molecule has 4 aromatic heterocycles. The standard InChI is InChI=1S/C30H24FN7O2S/c31-24-15-19(38-29-25(35-36-38)7-3-12-33-29)8-9-22(24)30(40)37(20-5-2-11-32-17-20)28-23-16-27(41-26(23)10-13-34-28)18-4-1-6-21(39)14-18/h1,3-4,6-10,12-16,20,32,39H,2,5,11,17H2/t20-/m1/s1. The minimum atomic E-state index is -0.668. The van der Waals surface area contributed by atoms with Crippen molar-refractivity contribution in [3.63, 3.8) is 0 Å². The molecule has 1 aliphatic heterocycles. The van der Waals surface area contributed by atoms with Crippen LogP contribution in [0.3, 0.4) is 0 Å². The van der Waals surface area contributed by atoms with E-state index in [0.717, 1.165) is 39.9 Å². The summed E-state index contributed by atoms with van der Waals surface area (Å²) < 4.78 is 18.1. The number of aromatic nitrogens is 5.